The first-order chi connectivity index (χ1) is 17.9. The number of halogens is 3. The molecule has 0 aromatic heterocycles. The van der Waals surface area contributed by atoms with Crippen LogP contribution in [0.5, 0.6) is 0 Å². The first-order valence-electron chi connectivity index (χ1n) is 13.2. The molecule has 2 heterocycles. The molecule has 0 unspecified atom stereocenters. The van der Waals surface area contributed by atoms with E-state index in [9.17, 15) is 14.7 Å². The fraction of sp³-hybridized carbons (Fsp3) is 0.517. The lowest BCUT2D eigenvalue weighted by atomic mass is 9.62. The highest BCUT2D eigenvalue weighted by Crippen LogP contribution is 2.57. The number of rotatable bonds is 4. The number of hydrogen-bond donors (Lipinski definition) is 4. The van der Waals surface area contributed by atoms with Gasteiger partial charge in [0.1, 0.15) is 11.2 Å². The van der Waals surface area contributed by atoms with E-state index in [1.807, 2.05) is 6.07 Å². The van der Waals surface area contributed by atoms with Crippen molar-refractivity contribution >= 4 is 40.7 Å². The maximum Gasteiger partial charge on any atom is 0.238 e. The summed E-state index contributed by atoms with van der Waals surface area (Å²) >= 11 is 12.5. The van der Waals surface area contributed by atoms with Crippen LogP contribution in [0.2, 0.25) is 10.0 Å². The average Bonchev–Trinajstić information content (AvgIpc) is 3.31. The number of nitrogens with one attached hydrogen (secondary N) is 3. The first kappa shape index (κ1) is 27.4. The lowest BCUT2D eigenvalue weighted by Gasteiger charge is -2.38. The van der Waals surface area contributed by atoms with Crippen LogP contribution >= 0.6 is 23.2 Å². The normalized spacial score (nSPS) is 30.8. The van der Waals surface area contributed by atoms with Gasteiger partial charge < -0.3 is 21.1 Å². The Morgan fingerprint density at radius 1 is 1.16 bits per heavy atom. The molecule has 6 nitrogen and oxygen atoms in total. The molecule has 4 N–H and O–H groups in total. The molecule has 1 aliphatic carbocycles. The number of fused-ring (bicyclic) bond motifs is 2. The summed E-state index contributed by atoms with van der Waals surface area (Å²) in [6.45, 7) is 6.23. The lowest BCUT2D eigenvalue weighted by molar-refractivity contribution is -0.124. The van der Waals surface area contributed by atoms with E-state index in [2.05, 4.69) is 36.7 Å². The molecule has 5 rings (SSSR count). The predicted octanol–water partition coefficient (Wildman–Crippen LogP) is 5.30. The molecule has 204 valence electrons. The molecule has 38 heavy (non-hydrogen) atoms. The SMILES string of the molecule is CC(C)(C)C[C@@H]1N[C@H](C(=O)N[C@H]2CC[C@H](O)CC2)[C@@H](c2cccc(Cl)c2F)[C@]12C(=O)Nc1cc(Cl)ccc12. The number of amides is 2. The Hall–Kier alpha value is -2.19. The molecule has 2 aliphatic heterocycles. The van der Waals surface area contributed by atoms with Crippen LogP contribution < -0.4 is 16.0 Å². The second kappa shape index (κ2) is 10.1. The summed E-state index contributed by atoms with van der Waals surface area (Å²) in [5.41, 5.74) is -0.00278. The number of benzene rings is 2. The number of hydrogen-bond acceptors (Lipinski definition) is 4. The number of aliphatic hydroxyl groups is 1. The Bertz CT molecular complexity index is 1260. The Kier molecular flexibility index (Phi) is 7.27. The van der Waals surface area contributed by atoms with Crippen LogP contribution in [0, 0.1) is 11.2 Å². The van der Waals surface area contributed by atoms with Gasteiger partial charge in [0.2, 0.25) is 11.8 Å². The molecule has 2 amide bonds. The molecular weight excluding hydrogens is 528 g/mol. The summed E-state index contributed by atoms with van der Waals surface area (Å²) in [6, 6.07) is 8.50. The van der Waals surface area contributed by atoms with Crippen molar-refractivity contribution in [1.29, 1.82) is 0 Å². The fourth-order valence-electron chi connectivity index (χ4n) is 6.66. The largest absolute Gasteiger partial charge is 0.393 e. The highest BCUT2D eigenvalue weighted by Gasteiger charge is 2.66. The maximum atomic E-state index is 15.8. The van der Waals surface area contributed by atoms with Crippen molar-refractivity contribution in [2.24, 2.45) is 5.41 Å². The zero-order valence-corrected chi connectivity index (χ0v) is 23.3. The van der Waals surface area contributed by atoms with Crippen molar-refractivity contribution in [2.45, 2.75) is 88.4 Å². The topological polar surface area (TPSA) is 90.5 Å². The Balaban J connectivity index is 1.67. The van der Waals surface area contributed by atoms with Crippen LogP contribution in [0.15, 0.2) is 36.4 Å². The average molecular weight is 563 g/mol. The van der Waals surface area contributed by atoms with Crippen molar-refractivity contribution in [3.8, 4) is 0 Å². The lowest BCUT2D eigenvalue weighted by Crippen LogP contribution is -2.50. The summed E-state index contributed by atoms with van der Waals surface area (Å²) in [6.07, 6.45) is 2.75. The van der Waals surface area contributed by atoms with E-state index in [0.29, 0.717) is 48.4 Å². The van der Waals surface area contributed by atoms with Crippen molar-refractivity contribution in [3.63, 3.8) is 0 Å². The third-order valence-electron chi connectivity index (χ3n) is 8.26. The van der Waals surface area contributed by atoms with Gasteiger partial charge in [-0.2, -0.15) is 0 Å². The van der Waals surface area contributed by atoms with Crippen LogP contribution in [0.3, 0.4) is 0 Å². The Morgan fingerprint density at radius 3 is 2.55 bits per heavy atom. The third-order valence-corrected chi connectivity index (χ3v) is 8.79. The molecule has 1 saturated heterocycles. The van der Waals surface area contributed by atoms with Gasteiger partial charge in [-0.15, -0.1) is 0 Å². The summed E-state index contributed by atoms with van der Waals surface area (Å²) in [7, 11) is 0. The minimum absolute atomic E-state index is 0.0629. The van der Waals surface area contributed by atoms with E-state index in [-0.39, 0.29) is 40.0 Å². The van der Waals surface area contributed by atoms with Crippen molar-refractivity contribution in [1.82, 2.24) is 10.6 Å². The molecule has 2 aromatic carbocycles. The van der Waals surface area contributed by atoms with E-state index >= 15 is 4.39 Å². The van der Waals surface area contributed by atoms with Crippen LogP contribution in [0.4, 0.5) is 10.1 Å². The number of carbonyl (C=O) groups excluding carboxylic acids is 2. The number of anilines is 1. The highest BCUT2D eigenvalue weighted by molar-refractivity contribution is 6.31. The zero-order valence-electron chi connectivity index (χ0n) is 21.8. The van der Waals surface area contributed by atoms with Gasteiger partial charge in [-0.1, -0.05) is 62.2 Å². The van der Waals surface area contributed by atoms with Gasteiger partial charge in [-0.05, 0) is 66.8 Å². The van der Waals surface area contributed by atoms with E-state index in [1.165, 1.54) is 6.07 Å². The van der Waals surface area contributed by atoms with Gasteiger partial charge in [0.25, 0.3) is 0 Å². The minimum atomic E-state index is -1.27. The molecule has 2 aromatic rings. The molecule has 9 heteroatoms. The Morgan fingerprint density at radius 2 is 1.87 bits per heavy atom. The molecule has 4 atom stereocenters. The van der Waals surface area contributed by atoms with Crippen molar-refractivity contribution < 1.29 is 19.1 Å². The van der Waals surface area contributed by atoms with Gasteiger partial charge in [0.05, 0.1) is 17.2 Å². The molecule has 1 saturated carbocycles. The summed E-state index contributed by atoms with van der Waals surface area (Å²) in [5, 5.41) is 19.9. The van der Waals surface area contributed by atoms with Crippen LogP contribution in [-0.2, 0) is 15.0 Å². The van der Waals surface area contributed by atoms with Crippen molar-refractivity contribution in [2.75, 3.05) is 5.32 Å². The first-order valence-corrected chi connectivity index (χ1v) is 14.0. The molecule has 3 aliphatic rings. The molecule has 1 spiro atoms. The monoisotopic (exact) mass is 561 g/mol. The predicted molar refractivity (Wildman–Crippen MR) is 147 cm³/mol. The van der Waals surface area contributed by atoms with Gasteiger partial charge >= 0.3 is 0 Å². The highest BCUT2D eigenvalue weighted by atomic mass is 35.5. The summed E-state index contributed by atoms with van der Waals surface area (Å²) in [5.74, 6) is -2.09. The van der Waals surface area contributed by atoms with E-state index in [4.69, 9.17) is 23.2 Å². The summed E-state index contributed by atoms with van der Waals surface area (Å²) < 4.78 is 15.8. The molecule has 0 bridgehead atoms. The quantitative estimate of drug-likeness (QED) is 0.407. The molecule has 2 fully saturated rings. The fourth-order valence-corrected chi connectivity index (χ4v) is 7.02. The van der Waals surface area contributed by atoms with Gasteiger partial charge in [-0.25, -0.2) is 4.39 Å². The van der Waals surface area contributed by atoms with E-state index in [0.717, 1.165) is 0 Å². The second-order valence-electron chi connectivity index (χ2n) is 12.1. The number of aliphatic hydroxyl groups excluding tert-OH is 1. The van der Waals surface area contributed by atoms with Gasteiger partial charge in [0.15, 0.2) is 0 Å². The van der Waals surface area contributed by atoms with Crippen LogP contribution in [-0.4, -0.2) is 41.2 Å². The van der Waals surface area contributed by atoms with Crippen LogP contribution in [0.1, 0.15) is 69.9 Å². The van der Waals surface area contributed by atoms with Gasteiger partial charge in [0, 0.05) is 28.7 Å². The zero-order chi connectivity index (χ0) is 27.4. The standard InChI is InChI=1S/C29H34Cl2FN3O3/c1-28(2,3)14-22-29(19-12-7-15(30)13-21(19)34-27(29)38)23(18-5-4-6-20(31)24(18)32)25(35-22)26(37)33-16-8-10-17(36)11-9-16/h4-7,12-13,16-17,22-23,25,35-36H,8-11,14H2,1-3H3,(H,33,37)(H,34,38)/t16-,17-,22-,23+,25-,29+/m0/s1. The summed E-state index contributed by atoms with van der Waals surface area (Å²) in [4.78, 5) is 28.1. The van der Waals surface area contributed by atoms with Crippen molar-refractivity contribution in [3.05, 3.63) is 63.4 Å². The Labute approximate surface area is 232 Å². The molecule has 0 radical (unpaired) electrons. The van der Waals surface area contributed by atoms with E-state index < -0.39 is 29.2 Å². The van der Waals surface area contributed by atoms with E-state index in [1.54, 1.807) is 24.3 Å². The minimum Gasteiger partial charge on any atom is -0.393 e. The maximum absolute atomic E-state index is 15.8. The van der Waals surface area contributed by atoms with Gasteiger partial charge in [-0.3, -0.25) is 9.59 Å². The smallest absolute Gasteiger partial charge is 0.238 e. The number of carbonyl (C=O) groups is 2. The second-order valence-corrected chi connectivity index (χ2v) is 13.0. The third kappa shape index (κ3) is 4.72. The van der Waals surface area contributed by atoms with Crippen LogP contribution in [0.25, 0.3) is 0 Å². The molecular formula is C29H34Cl2FN3O3.